The fourth-order valence-corrected chi connectivity index (χ4v) is 1.89. The normalized spacial score (nSPS) is 17.5. The third-order valence-electron chi connectivity index (χ3n) is 3.10. The van der Waals surface area contributed by atoms with E-state index in [9.17, 15) is 15.2 Å². The molecule has 2 heterocycles. The van der Waals surface area contributed by atoms with Gasteiger partial charge in [-0.3, -0.25) is 15.5 Å². The molecule has 0 radical (unpaired) electrons. The van der Waals surface area contributed by atoms with Gasteiger partial charge >= 0.3 is 5.69 Å². The predicted octanol–water partition coefficient (Wildman–Crippen LogP) is -0.376. The average Bonchev–Trinajstić information content (AvgIpc) is 2.45. The highest BCUT2D eigenvalue weighted by Crippen LogP contribution is 2.25. The summed E-state index contributed by atoms with van der Waals surface area (Å²) in [6.45, 7) is 1.05. The van der Waals surface area contributed by atoms with Crippen LogP contribution in [0, 0.1) is 10.1 Å². The Morgan fingerprint density at radius 1 is 1.55 bits per heavy atom. The van der Waals surface area contributed by atoms with E-state index in [1.807, 2.05) is 0 Å². The van der Waals surface area contributed by atoms with E-state index in [1.165, 1.54) is 0 Å². The van der Waals surface area contributed by atoms with Crippen LogP contribution in [0.3, 0.4) is 0 Å². The first-order valence-electron chi connectivity index (χ1n) is 6.06. The molecule has 10 nitrogen and oxygen atoms in total. The predicted molar refractivity (Wildman–Crippen MR) is 70.0 cm³/mol. The van der Waals surface area contributed by atoms with E-state index in [1.54, 1.807) is 0 Å². The van der Waals surface area contributed by atoms with Gasteiger partial charge in [-0.25, -0.2) is 10.8 Å². The highest BCUT2D eigenvalue weighted by molar-refractivity contribution is 5.56. The molecule has 20 heavy (non-hydrogen) atoms. The molecule has 0 unspecified atom stereocenters. The van der Waals surface area contributed by atoms with Crippen LogP contribution in [0.15, 0.2) is 6.20 Å². The van der Waals surface area contributed by atoms with Crippen LogP contribution in [-0.4, -0.2) is 45.4 Å². The molecule has 0 amide bonds. The molecule has 110 valence electrons. The minimum atomic E-state index is -0.965. The van der Waals surface area contributed by atoms with Gasteiger partial charge in [-0.05, 0) is 0 Å². The molecule has 0 spiro atoms. The number of nitrogens with zero attached hydrogens (tertiary/aromatic N) is 3. The zero-order chi connectivity index (χ0) is 14.6. The number of nitrogens with one attached hydrogen (secondary N) is 2. The SMILES string of the molecule is NNc1ncc([N+](=O)[O-])c(NCC2(O)CCOCC2)n1. The summed E-state index contributed by atoms with van der Waals surface area (Å²) in [6.07, 6.45) is 1.97. The second-order valence-corrected chi connectivity index (χ2v) is 4.52. The first-order chi connectivity index (χ1) is 9.54. The number of hydrogen-bond donors (Lipinski definition) is 4. The fraction of sp³-hybridized carbons (Fsp3) is 0.600. The average molecular weight is 284 g/mol. The van der Waals surface area contributed by atoms with E-state index in [0.717, 1.165) is 6.20 Å². The van der Waals surface area contributed by atoms with Crippen molar-refractivity contribution >= 4 is 17.5 Å². The quantitative estimate of drug-likeness (QED) is 0.322. The number of hydrazine groups is 1. The molecule has 1 aromatic heterocycles. The van der Waals surface area contributed by atoms with Crippen molar-refractivity contribution < 1.29 is 14.8 Å². The van der Waals surface area contributed by atoms with E-state index in [4.69, 9.17) is 10.6 Å². The van der Waals surface area contributed by atoms with Gasteiger partial charge in [-0.1, -0.05) is 0 Å². The van der Waals surface area contributed by atoms with Gasteiger partial charge in [0.25, 0.3) is 0 Å². The van der Waals surface area contributed by atoms with Gasteiger partial charge in [0.1, 0.15) is 6.20 Å². The lowest BCUT2D eigenvalue weighted by Crippen LogP contribution is -2.42. The third kappa shape index (κ3) is 3.29. The van der Waals surface area contributed by atoms with Gasteiger partial charge in [0, 0.05) is 32.6 Å². The maximum Gasteiger partial charge on any atom is 0.329 e. The van der Waals surface area contributed by atoms with Crippen molar-refractivity contribution in [3.05, 3.63) is 16.3 Å². The molecule has 1 aliphatic rings. The monoisotopic (exact) mass is 284 g/mol. The maximum absolute atomic E-state index is 10.9. The third-order valence-corrected chi connectivity index (χ3v) is 3.10. The lowest BCUT2D eigenvalue weighted by Gasteiger charge is -2.32. The van der Waals surface area contributed by atoms with Gasteiger partial charge in [-0.2, -0.15) is 4.98 Å². The fourth-order valence-electron chi connectivity index (χ4n) is 1.89. The van der Waals surface area contributed by atoms with Gasteiger partial charge < -0.3 is 15.2 Å². The summed E-state index contributed by atoms with van der Waals surface area (Å²) in [6, 6.07) is 0. The van der Waals surface area contributed by atoms with E-state index in [2.05, 4.69) is 20.7 Å². The number of ether oxygens (including phenoxy) is 1. The Bertz CT molecular complexity index is 491. The number of hydrogen-bond acceptors (Lipinski definition) is 9. The Morgan fingerprint density at radius 3 is 2.85 bits per heavy atom. The molecule has 0 saturated carbocycles. The van der Waals surface area contributed by atoms with Crippen molar-refractivity contribution in [2.75, 3.05) is 30.5 Å². The van der Waals surface area contributed by atoms with Crippen molar-refractivity contribution in [1.82, 2.24) is 9.97 Å². The molecule has 1 aliphatic heterocycles. The van der Waals surface area contributed by atoms with Crippen LogP contribution in [0.1, 0.15) is 12.8 Å². The van der Waals surface area contributed by atoms with Crippen LogP contribution in [0.4, 0.5) is 17.5 Å². The molecular weight excluding hydrogens is 268 g/mol. The number of aromatic nitrogens is 2. The highest BCUT2D eigenvalue weighted by Gasteiger charge is 2.30. The smallest absolute Gasteiger partial charge is 0.329 e. The Labute approximate surface area is 114 Å². The number of rotatable bonds is 5. The molecule has 0 aromatic carbocycles. The summed E-state index contributed by atoms with van der Waals surface area (Å²) in [4.78, 5) is 17.9. The van der Waals surface area contributed by atoms with Gasteiger partial charge in [0.15, 0.2) is 0 Å². The maximum atomic E-state index is 10.9. The second-order valence-electron chi connectivity index (χ2n) is 4.52. The van der Waals surface area contributed by atoms with E-state index >= 15 is 0 Å². The zero-order valence-corrected chi connectivity index (χ0v) is 10.7. The molecule has 0 aliphatic carbocycles. The van der Waals surface area contributed by atoms with Crippen LogP contribution in [0.2, 0.25) is 0 Å². The number of nitro groups is 1. The lowest BCUT2D eigenvalue weighted by atomic mass is 9.94. The topological polar surface area (TPSA) is 148 Å². The second kappa shape index (κ2) is 5.94. The van der Waals surface area contributed by atoms with Crippen LogP contribution < -0.4 is 16.6 Å². The molecule has 5 N–H and O–H groups in total. The Morgan fingerprint density at radius 2 is 2.25 bits per heavy atom. The molecule has 1 saturated heterocycles. The summed E-state index contributed by atoms with van der Waals surface area (Å²) < 4.78 is 5.17. The van der Waals surface area contributed by atoms with Gasteiger partial charge in [0.2, 0.25) is 11.8 Å². The van der Waals surface area contributed by atoms with Gasteiger partial charge in [0.05, 0.1) is 10.5 Å². The standard InChI is InChI=1S/C10H16N6O4/c11-15-9-12-5-7(16(18)19)8(14-9)13-6-10(17)1-3-20-4-2-10/h5,17H,1-4,6,11H2,(H2,12,13,14,15). The number of nitrogens with two attached hydrogens (primary N) is 1. The van der Waals surface area contributed by atoms with E-state index < -0.39 is 10.5 Å². The van der Waals surface area contributed by atoms with Crippen molar-refractivity contribution in [3.8, 4) is 0 Å². The number of nitrogen functional groups attached to an aromatic ring is 1. The first kappa shape index (κ1) is 14.4. The van der Waals surface area contributed by atoms with Crippen molar-refractivity contribution in [2.45, 2.75) is 18.4 Å². The largest absolute Gasteiger partial charge is 0.388 e. The van der Waals surface area contributed by atoms with E-state index in [0.29, 0.717) is 26.1 Å². The van der Waals surface area contributed by atoms with Crippen LogP contribution in [-0.2, 0) is 4.74 Å². The summed E-state index contributed by atoms with van der Waals surface area (Å²) in [5.41, 5.74) is 0.971. The summed E-state index contributed by atoms with van der Waals surface area (Å²) in [5, 5.41) is 24.0. The van der Waals surface area contributed by atoms with Crippen molar-refractivity contribution in [3.63, 3.8) is 0 Å². The minimum absolute atomic E-state index is 0.0119. The van der Waals surface area contributed by atoms with Crippen molar-refractivity contribution in [2.24, 2.45) is 5.84 Å². The molecular formula is C10H16N6O4. The molecule has 2 rings (SSSR count). The zero-order valence-electron chi connectivity index (χ0n) is 10.7. The van der Waals surface area contributed by atoms with Gasteiger partial charge in [-0.15, -0.1) is 0 Å². The van der Waals surface area contributed by atoms with E-state index in [-0.39, 0.29) is 24.0 Å². The van der Waals surface area contributed by atoms with Crippen LogP contribution in [0.5, 0.6) is 0 Å². The Balaban J connectivity index is 2.12. The Hall–Kier alpha value is -2.04. The molecule has 0 atom stereocenters. The Kier molecular flexibility index (Phi) is 4.27. The highest BCUT2D eigenvalue weighted by atomic mass is 16.6. The first-order valence-corrected chi connectivity index (χ1v) is 6.06. The summed E-state index contributed by atoms with van der Waals surface area (Å²) in [5.74, 6) is 5.24. The summed E-state index contributed by atoms with van der Waals surface area (Å²) >= 11 is 0. The molecule has 10 heteroatoms. The lowest BCUT2D eigenvalue weighted by molar-refractivity contribution is -0.384. The van der Waals surface area contributed by atoms with Crippen molar-refractivity contribution in [1.29, 1.82) is 0 Å². The number of anilines is 2. The number of aliphatic hydroxyl groups is 1. The van der Waals surface area contributed by atoms with Crippen LogP contribution in [0.25, 0.3) is 0 Å². The summed E-state index contributed by atoms with van der Waals surface area (Å²) in [7, 11) is 0. The minimum Gasteiger partial charge on any atom is -0.388 e. The van der Waals surface area contributed by atoms with Crippen LogP contribution >= 0.6 is 0 Å². The molecule has 1 fully saturated rings. The molecule has 1 aromatic rings. The molecule has 0 bridgehead atoms.